The van der Waals surface area contributed by atoms with Crippen molar-refractivity contribution >= 4 is 11.6 Å². The zero-order valence-corrected chi connectivity index (χ0v) is 12.7. The monoisotopic (exact) mass is 315 g/mol. The summed E-state index contributed by atoms with van der Waals surface area (Å²) in [6, 6.07) is 7.89. The smallest absolute Gasteiger partial charge is 0.274 e. The average Bonchev–Trinajstić information content (AvgIpc) is 3.05. The molecular formula is C15H17N5O3. The van der Waals surface area contributed by atoms with Gasteiger partial charge in [-0.3, -0.25) is 14.9 Å². The van der Waals surface area contributed by atoms with Gasteiger partial charge in [-0.2, -0.15) is 5.10 Å². The van der Waals surface area contributed by atoms with Gasteiger partial charge in [0.15, 0.2) is 5.69 Å². The summed E-state index contributed by atoms with van der Waals surface area (Å²) in [4.78, 5) is 24.7. The number of nitrogens with zero attached hydrogens (tertiary/aromatic N) is 4. The largest absolute Gasteiger partial charge is 0.332 e. The van der Waals surface area contributed by atoms with Gasteiger partial charge in [0.25, 0.3) is 11.6 Å². The third-order valence-electron chi connectivity index (χ3n) is 3.88. The molecule has 1 saturated heterocycles. The molecule has 0 aliphatic carbocycles. The number of piperazine rings is 1. The molecule has 0 unspecified atom stereocenters. The first-order chi connectivity index (χ1) is 11.1. The maximum Gasteiger partial charge on any atom is 0.274 e. The lowest BCUT2D eigenvalue weighted by Gasteiger charge is -2.33. The predicted molar refractivity (Wildman–Crippen MR) is 83.6 cm³/mol. The van der Waals surface area contributed by atoms with Gasteiger partial charge in [0.05, 0.1) is 10.6 Å². The van der Waals surface area contributed by atoms with Crippen LogP contribution >= 0.6 is 0 Å². The summed E-state index contributed by atoms with van der Waals surface area (Å²) in [5.74, 6) is -0.122. The Labute approximate surface area is 132 Å². The van der Waals surface area contributed by atoms with Crippen LogP contribution in [-0.4, -0.2) is 51.2 Å². The van der Waals surface area contributed by atoms with E-state index in [1.165, 1.54) is 16.8 Å². The summed E-state index contributed by atoms with van der Waals surface area (Å²) in [5, 5.41) is 18.4. The van der Waals surface area contributed by atoms with Crippen LogP contribution in [0.25, 0.3) is 5.69 Å². The van der Waals surface area contributed by atoms with E-state index in [9.17, 15) is 14.9 Å². The zero-order valence-electron chi connectivity index (χ0n) is 12.7. The van der Waals surface area contributed by atoms with Gasteiger partial charge in [-0.15, -0.1) is 0 Å². The Morgan fingerprint density at radius 3 is 3.00 bits per heavy atom. The van der Waals surface area contributed by atoms with Gasteiger partial charge in [0.1, 0.15) is 0 Å². The van der Waals surface area contributed by atoms with Gasteiger partial charge in [-0.1, -0.05) is 6.07 Å². The molecule has 2 aromatic rings. The second kappa shape index (κ2) is 6.17. The highest BCUT2D eigenvalue weighted by Gasteiger charge is 2.25. The number of amides is 1. The van der Waals surface area contributed by atoms with E-state index in [4.69, 9.17) is 0 Å². The molecule has 120 valence electrons. The quantitative estimate of drug-likeness (QED) is 0.679. The van der Waals surface area contributed by atoms with Crippen LogP contribution in [0.3, 0.4) is 0 Å². The highest BCUT2D eigenvalue weighted by Crippen LogP contribution is 2.17. The lowest BCUT2D eigenvalue weighted by Crippen LogP contribution is -2.52. The highest BCUT2D eigenvalue weighted by atomic mass is 16.6. The molecule has 23 heavy (non-hydrogen) atoms. The molecule has 1 aromatic heterocycles. The number of rotatable bonds is 3. The topological polar surface area (TPSA) is 93.3 Å². The van der Waals surface area contributed by atoms with Crippen LogP contribution in [0.1, 0.15) is 17.4 Å². The molecule has 1 N–H and O–H groups in total. The molecule has 0 saturated carbocycles. The molecule has 1 atom stereocenters. The second-order valence-electron chi connectivity index (χ2n) is 5.47. The predicted octanol–water partition coefficient (Wildman–Crippen LogP) is 1.21. The van der Waals surface area contributed by atoms with Crippen molar-refractivity contribution in [2.75, 3.05) is 19.6 Å². The lowest BCUT2D eigenvalue weighted by molar-refractivity contribution is -0.384. The third kappa shape index (κ3) is 3.07. The van der Waals surface area contributed by atoms with Crippen LogP contribution in [0.4, 0.5) is 5.69 Å². The molecule has 2 heterocycles. The molecule has 1 aliphatic heterocycles. The number of nitrogens with one attached hydrogen (secondary N) is 1. The first kappa shape index (κ1) is 15.2. The van der Waals surface area contributed by atoms with Crippen molar-refractivity contribution in [1.29, 1.82) is 0 Å². The summed E-state index contributed by atoms with van der Waals surface area (Å²) in [6.45, 7) is 4.16. The van der Waals surface area contributed by atoms with E-state index in [-0.39, 0.29) is 17.6 Å². The van der Waals surface area contributed by atoms with Crippen LogP contribution in [0.2, 0.25) is 0 Å². The van der Waals surface area contributed by atoms with Crippen molar-refractivity contribution in [2.45, 2.75) is 13.0 Å². The standard InChI is InChI=1S/C15H17N5O3/c1-11-10-16-6-8-18(11)15(21)14-5-7-19(17-14)12-3-2-4-13(9-12)20(22)23/h2-5,7,9,11,16H,6,8,10H2,1H3/t11-/m1/s1. The normalized spacial score (nSPS) is 18.0. The summed E-state index contributed by atoms with van der Waals surface area (Å²) in [5.41, 5.74) is 0.874. The molecule has 8 heteroatoms. The minimum absolute atomic E-state index is 0.0124. The third-order valence-corrected chi connectivity index (χ3v) is 3.88. The van der Waals surface area contributed by atoms with E-state index >= 15 is 0 Å². The summed E-state index contributed by atoms with van der Waals surface area (Å²) in [7, 11) is 0. The van der Waals surface area contributed by atoms with Gasteiger partial charge < -0.3 is 10.2 Å². The van der Waals surface area contributed by atoms with Crippen LogP contribution < -0.4 is 5.32 Å². The first-order valence-corrected chi connectivity index (χ1v) is 7.38. The zero-order chi connectivity index (χ0) is 16.4. The summed E-state index contributed by atoms with van der Waals surface area (Å²) < 4.78 is 1.48. The number of aromatic nitrogens is 2. The van der Waals surface area contributed by atoms with Gasteiger partial charge in [0.2, 0.25) is 0 Å². The maximum absolute atomic E-state index is 12.5. The van der Waals surface area contributed by atoms with Crippen LogP contribution in [0.5, 0.6) is 0 Å². The Morgan fingerprint density at radius 2 is 2.26 bits per heavy atom. The number of non-ortho nitro benzene ring substituents is 1. The summed E-state index contributed by atoms with van der Waals surface area (Å²) >= 11 is 0. The van der Waals surface area contributed by atoms with Crippen molar-refractivity contribution in [3.8, 4) is 5.69 Å². The number of carbonyl (C=O) groups is 1. The van der Waals surface area contributed by atoms with Crippen molar-refractivity contribution < 1.29 is 9.72 Å². The van der Waals surface area contributed by atoms with Crippen molar-refractivity contribution in [1.82, 2.24) is 20.0 Å². The fourth-order valence-electron chi connectivity index (χ4n) is 2.62. The number of nitro groups is 1. The number of nitro benzene ring substituents is 1. The lowest BCUT2D eigenvalue weighted by atomic mass is 10.2. The van der Waals surface area contributed by atoms with Gasteiger partial charge in [-0.05, 0) is 19.1 Å². The highest BCUT2D eigenvalue weighted by molar-refractivity contribution is 5.92. The van der Waals surface area contributed by atoms with E-state index < -0.39 is 4.92 Å². The average molecular weight is 315 g/mol. The van der Waals surface area contributed by atoms with Crippen molar-refractivity contribution in [3.05, 3.63) is 52.3 Å². The Morgan fingerprint density at radius 1 is 1.43 bits per heavy atom. The number of carbonyl (C=O) groups excluding carboxylic acids is 1. The Kier molecular flexibility index (Phi) is 4.07. The minimum atomic E-state index is -0.457. The minimum Gasteiger partial charge on any atom is -0.332 e. The van der Waals surface area contributed by atoms with E-state index in [1.807, 2.05) is 6.92 Å². The number of benzene rings is 1. The second-order valence-corrected chi connectivity index (χ2v) is 5.47. The van der Waals surface area contributed by atoms with Crippen molar-refractivity contribution in [2.24, 2.45) is 0 Å². The molecule has 1 aromatic carbocycles. The maximum atomic E-state index is 12.5. The van der Waals surface area contributed by atoms with E-state index in [1.54, 1.807) is 29.3 Å². The molecule has 1 fully saturated rings. The van der Waals surface area contributed by atoms with E-state index in [0.29, 0.717) is 17.9 Å². The van der Waals surface area contributed by atoms with Crippen LogP contribution in [-0.2, 0) is 0 Å². The molecular weight excluding hydrogens is 298 g/mol. The Hall–Kier alpha value is -2.74. The fourth-order valence-corrected chi connectivity index (χ4v) is 2.62. The van der Waals surface area contributed by atoms with Gasteiger partial charge >= 0.3 is 0 Å². The summed E-state index contributed by atoms with van der Waals surface area (Å²) in [6.07, 6.45) is 1.64. The molecule has 0 bridgehead atoms. The van der Waals surface area contributed by atoms with Crippen LogP contribution in [0, 0.1) is 10.1 Å². The Balaban J connectivity index is 1.84. The molecule has 1 aliphatic rings. The number of hydrogen-bond acceptors (Lipinski definition) is 5. The van der Waals surface area contributed by atoms with E-state index in [0.717, 1.165) is 13.1 Å². The molecule has 3 rings (SSSR count). The van der Waals surface area contributed by atoms with Gasteiger partial charge in [0, 0.05) is 44.0 Å². The molecule has 0 spiro atoms. The Bertz CT molecular complexity index is 742. The molecule has 0 radical (unpaired) electrons. The van der Waals surface area contributed by atoms with E-state index in [2.05, 4.69) is 10.4 Å². The number of hydrogen-bond donors (Lipinski definition) is 1. The fraction of sp³-hybridized carbons (Fsp3) is 0.333. The molecule has 1 amide bonds. The first-order valence-electron chi connectivity index (χ1n) is 7.38. The van der Waals surface area contributed by atoms with Gasteiger partial charge in [-0.25, -0.2) is 4.68 Å². The van der Waals surface area contributed by atoms with Crippen molar-refractivity contribution in [3.63, 3.8) is 0 Å². The van der Waals surface area contributed by atoms with Crippen LogP contribution in [0.15, 0.2) is 36.5 Å². The SMILES string of the molecule is C[C@@H]1CNCCN1C(=O)c1ccn(-c2cccc([N+](=O)[O-])c2)n1. The molecule has 8 nitrogen and oxygen atoms in total.